The van der Waals surface area contributed by atoms with Crippen molar-refractivity contribution in [2.24, 2.45) is 5.92 Å². The van der Waals surface area contributed by atoms with Crippen molar-refractivity contribution in [2.45, 2.75) is 19.3 Å². The maximum Gasteiger partial charge on any atom is 0.0255 e. The minimum absolute atomic E-state index is 0.558. The molecule has 0 radical (unpaired) electrons. The molecule has 0 amide bonds. The summed E-state index contributed by atoms with van der Waals surface area (Å²) in [6.07, 6.45) is 3.37. The smallest absolute Gasteiger partial charge is 0.0255 e. The first-order valence-electron chi connectivity index (χ1n) is 6.10. The van der Waals surface area contributed by atoms with Gasteiger partial charge in [0.1, 0.15) is 0 Å². The number of hydrogen-bond donors (Lipinski definition) is 0. The SMILES string of the molecule is ClCC(CCc1cccs1)Cc1cccc(Br)c1. The van der Waals surface area contributed by atoms with Gasteiger partial charge in [-0.25, -0.2) is 0 Å². The van der Waals surface area contributed by atoms with Crippen LogP contribution in [0.5, 0.6) is 0 Å². The van der Waals surface area contributed by atoms with Gasteiger partial charge in [0.05, 0.1) is 0 Å². The Bertz CT molecular complexity index is 467. The molecule has 18 heavy (non-hydrogen) atoms. The van der Waals surface area contributed by atoms with Crippen molar-refractivity contribution in [3.63, 3.8) is 0 Å². The van der Waals surface area contributed by atoms with E-state index in [0.717, 1.165) is 29.6 Å². The Balaban J connectivity index is 1.89. The molecule has 0 aliphatic rings. The maximum absolute atomic E-state index is 6.09. The van der Waals surface area contributed by atoms with E-state index in [0.29, 0.717) is 5.92 Å². The predicted octanol–water partition coefficient (Wildman–Crippen LogP) is 5.54. The summed E-state index contributed by atoms with van der Waals surface area (Å²) in [5, 5.41) is 2.14. The van der Waals surface area contributed by atoms with E-state index in [9.17, 15) is 0 Å². The van der Waals surface area contributed by atoms with Crippen LogP contribution in [0.15, 0.2) is 46.3 Å². The van der Waals surface area contributed by atoms with Gasteiger partial charge in [-0.1, -0.05) is 34.1 Å². The number of alkyl halides is 1. The lowest BCUT2D eigenvalue weighted by molar-refractivity contribution is 0.538. The second kappa shape index (κ2) is 7.32. The monoisotopic (exact) mass is 342 g/mol. The van der Waals surface area contributed by atoms with Gasteiger partial charge in [-0.05, 0) is 54.3 Å². The quantitative estimate of drug-likeness (QED) is 0.604. The van der Waals surface area contributed by atoms with Crippen molar-refractivity contribution >= 4 is 38.9 Å². The summed E-state index contributed by atoms with van der Waals surface area (Å²) in [7, 11) is 0. The van der Waals surface area contributed by atoms with Crippen molar-refractivity contribution in [3.8, 4) is 0 Å². The Morgan fingerprint density at radius 3 is 2.78 bits per heavy atom. The van der Waals surface area contributed by atoms with Crippen LogP contribution in [-0.2, 0) is 12.8 Å². The molecule has 1 aromatic carbocycles. The average Bonchev–Trinajstić information content (AvgIpc) is 2.87. The first-order valence-corrected chi connectivity index (χ1v) is 8.31. The Morgan fingerprint density at radius 1 is 1.22 bits per heavy atom. The highest BCUT2D eigenvalue weighted by atomic mass is 79.9. The fourth-order valence-corrected chi connectivity index (χ4v) is 3.47. The summed E-state index contributed by atoms with van der Waals surface area (Å²) in [6.45, 7) is 0. The lowest BCUT2D eigenvalue weighted by Crippen LogP contribution is -2.07. The Morgan fingerprint density at radius 2 is 2.11 bits per heavy atom. The highest BCUT2D eigenvalue weighted by molar-refractivity contribution is 9.10. The van der Waals surface area contributed by atoms with Gasteiger partial charge in [0.15, 0.2) is 0 Å². The van der Waals surface area contributed by atoms with Crippen molar-refractivity contribution in [1.82, 2.24) is 0 Å². The van der Waals surface area contributed by atoms with Crippen LogP contribution >= 0.6 is 38.9 Å². The Labute approximate surface area is 126 Å². The van der Waals surface area contributed by atoms with Gasteiger partial charge < -0.3 is 0 Å². The summed E-state index contributed by atoms with van der Waals surface area (Å²) in [6, 6.07) is 12.8. The molecule has 0 aliphatic carbocycles. The fraction of sp³-hybridized carbons (Fsp3) is 0.333. The highest BCUT2D eigenvalue weighted by Crippen LogP contribution is 2.21. The van der Waals surface area contributed by atoms with Crippen LogP contribution in [-0.4, -0.2) is 5.88 Å². The zero-order valence-electron chi connectivity index (χ0n) is 10.1. The third kappa shape index (κ3) is 4.42. The maximum atomic E-state index is 6.09. The Hall–Kier alpha value is -0.310. The van der Waals surface area contributed by atoms with Gasteiger partial charge in [-0.15, -0.1) is 22.9 Å². The minimum Gasteiger partial charge on any atom is -0.149 e. The predicted molar refractivity (Wildman–Crippen MR) is 84.7 cm³/mol. The van der Waals surface area contributed by atoms with Crippen molar-refractivity contribution in [2.75, 3.05) is 5.88 Å². The topological polar surface area (TPSA) is 0 Å². The first-order chi connectivity index (χ1) is 8.78. The number of halogens is 2. The molecule has 0 aliphatic heterocycles. The molecule has 2 aromatic rings. The molecular weight excluding hydrogens is 328 g/mol. The molecule has 0 N–H and O–H groups in total. The van der Waals surface area contributed by atoms with E-state index in [4.69, 9.17) is 11.6 Å². The standard InChI is InChI=1S/C15H16BrClS/c16-14-4-1-3-12(10-14)9-13(11-17)6-7-15-5-2-8-18-15/h1-5,8,10,13H,6-7,9,11H2. The van der Waals surface area contributed by atoms with Crippen LogP contribution in [0.3, 0.4) is 0 Å². The van der Waals surface area contributed by atoms with Crippen molar-refractivity contribution in [3.05, 3.63) is 56.7 Å². The zero-order valence-corrected chi connectivity index (χ0v) is 13.3. The lowest BCUT2D eigenvalue weighted by atomic mass is 9.96. The van der Waals surface area contributed by atoms with Gasteiger partial charge in [-0.2, -0.15) is 0 Å². The molecule has 1 atom stereocenters. The Kier molecular flexibility index (Phi) is 5.74. The molecule has 0 spiro atoms. The molecule has 1 heterocycles. The molecule has 0 saturated heterocycles. The number of aryl methyl sites for hydroxylation is 1. The normalized spacial score (nSPS) is 12.6. The van der Waals surface area contributed by atoms with Crippen LogP contribution in [0.2, 0.25) is 0 Å². The highest BCUT2D eigenvalue weighted by Gasteiger charge is 2.09. The van der Waals surface area contributed by atoms with Gasteiger partial charge in [0.2, 0.25) is 0 Å². The molecule has 0 nitrogen and oxygen atoms in total. The molecule has 0 fully saturated rings. The molecule has 2 rings (SSSR count). The van der Waals surface area contributed by atoms with Crippen molar-refractivity contribution in [1.29, 1.82) is 0 Å². The van der Waals surface area contributed by atoms with E-state index in [1.165, 1.54) is 10.4 Å². The van der Waals surface area contributed by atoms with Gasteiger partial charge in [0.25, 0.3) is 0 Å². The molecule has 0 bridgehead atoms. The third-order valence-corrected chi connectivity index (χ3v) is 4.88. The number of hydrogen-bond acceptors (Lipinski definition) is 1. The molecular formula is C15H16BrClS. The van der Waals surface area contributed by atoms with E-state index in [2.05, 4.69) is 57.7 Å². The summed E-state index contributed by atoms with van der Waals surface area (Å²) in [4.78, 5) is 1.46. The van der Waals surface area contributed by atoms with Gasteiger partial charge in [0, 0.05) is 15.2 Å². The second-order valence-corrected chi connectivity index (χ2v) is 6.73. The molecule has 96 valence electrons. The second-order valence-electron chi connectivity index (χ2n) is 4.47. The van der Waals surface area contributed by atoms with Crippen LogP contribution < -0.4 is 0 Å². The van der Waals surface area contributed by atoms with Crippen LogP contribution in [0.4, 0.5) is 0 Å². The third-order valence-electron chi connectivity index (χ3n) is 3.01. The summed E-state index contributed by atoms with van der Waals surface area (Å²) < 4.78 is 1.14. The van der Waals surface area contributed by atoms with Gasteiger partial charge >= 0.3 is 0 Å². The lowest BCUT2D eigenvalue weighted by Gasteiger charge is -2.13. The van der Waals surface area contributed by atoms with Crippen LogP contribution in [0.25, 0.3) is 0 Å². The number of benzene rings is 1. The van der Waals surface area contributed by atoms with Crippen LogP contribution in [0, 0.1) is 5.92 Å². The van der Waals surface area contributed by atoms with E-state index in [1.54, 1.807) is 0 Å². The number of rotatable bonds is 6. The molecule has 0 saturated carbocycles. The average molecular weight is 344 g/mol. The number of thiophene rings is 1. The molecule has 3 heteroatoms. The first kappa shape index (κ1) is 14.1. The van der Waals surface area contributed by atoms with E-state index >= 15 is 0 Å². The minimum atomic E-state index is 0.558. The molecule has 1 unspecified atom stereocenters. The van der Waals surface area contributed by atoms with Crippen LogP contribution in [0.1, 0.15) is 16.9 Å². The fourth-order valence-electron chi connectivity index (χ4n) is 2.03. The summed E-state index contributed by atoms with van der Waals surface area (Å²) in [5.41, 5.74) is 1.36. The largest absolute Gasteiger partial charge is 0.149 e. The zero-order chi connectivity index (χ0) is 12.8. The summed E-state index contributed by atoms with van der Waals surface area (Å²) in [5.74, 6) is 1.29. The van der Waals surface area contributed by atoms with E-state index < -0.39 is 0 Å². The summed E-state index contributed by atoms with van der Waals surface area (Å²) >= 11 is 11.4. The van der Waals surface area contributed by atoms with Crippen molar-refractivity contribution < 1.29 is 0 Å². The van der Waals surface area contributed by atoms with E-state index in [1.807, 2.05) is 11.3 Å². The van der Waals surface area contributed by atoms with E-state index in [-0.39, 0.29) is 0 Å². The van der Waals surface area contributed by atoms with Gasteiger partial charge in [-0.3, -0.25) is 0 Å². The molecule has 1 aromatic heterocycles.